The molecule has 2 aromatic carbocycles. The fourth-order valence-electron chi connectivity index (χ4n) is 1.98. The van der Waals surface area contributed by atoms with E-state index in [1.165, 1.54) is 38.1 Å². The zero-order valence-corrected chi connectivity index (χ0v) is 16.2. The van der Waals surface area contributed by atoms with Gasteiger partial charge in [-0.1, -0.05) is 19.2 Å². The first-order valence-electron chi connectivity index (χ1n) is 7.65. The van der Waals surface area contributed by atoms with Gasteiger partial charge in [-0.25, -0.2) is 13.2 Å². The van der Waals surface area contributed by atoms with Crippen LogP contribution < -0.4 is 0 Å². The van der Waals surface area contributed by atoms with Crippen LogP contribution in [0.15, 0.2) is 64.4 Å². The Morgan fingerprint density at radius 1 is 0.815 bits per heavy atom. The van der Waals surface area contributed by atoms with E-state index >= 15 is 0 Å². The van der Waals surface area contributed by atoms with Crippen LogP contribution >= 0.6 is 23.5 Å². The second-order valence-electron chi connectivity index (χ2n) is 5.72. The Balaban J connectivity index is 2.37. The topological polar surface area (TPSA) is 34.1 Å². The molecular weight excluding hydrogens is 393 g/mol. The highest BCUT2D eigenvalue weighted by Gasteiger charge is 2.20. The van der Waals surface area contributed by atoms with E-state index in [4.69, 9.17) is 0 Å². The summed E-state index contributed by atoms with van der Waals surface area (Å²) >= 11 is 1.31. The van der Waals surface area contributed by atoms with Crippen molar-refractivity contribution in [3.63, 3.8) is 0 Å². The Kier molecular flexibility index (Phi) is 6.73. The Morgan fingerprint density at radius 2 is 1.37 bits per heavy atom. The Morgan fingerprint density at radius 3 is 1.93 bits per heavy atom. The maximum absolute atomic E-state index is 14.4. The molecule has 0 N–H and O–H groups in total. The van der Waals surface area contributed by atoms with Crippen LogP contribution in [0.2, 0.25) is 0 Å². The van der Waals surface area contributed by atoms with Crippen molar-refractivity contribution in [3.8, 4) is 11.1 Å². The van der Waals surface area contributed by atoms with Gasteiger partial charge in [0, 0.05) is 16.0 Å². The maximum Gasteiger partial charge on any atom is 0.219 e. The molecule has 0 unspecified atom stereocenters. The van der Waals surface area contributed by atoms with E-state index in [-0.39, 0.29) is 26.7 Å². The van der Waals surface area contributed by atoms with Crippen LogP contribution in [-0.2, 0) is 9.59 Å². The molecule has 0 aliphatic heterocycles. The molecule has 2 aromatic rings. The van der Waals surface area contributed by atoms with E-state index in [2.05, 4.69) is 13.2 Å². The molecular formula is C20H15F3O2S2. The second kappa shape index (κ2) is 8.63. The van der Waals surface area contributed by atoms with Crippen molar-refractivity contribution in [3.05, 3.63) is 72.1 Å². The van der Waals surface area contributed by atoms with Crippen LogP contribution in [0.3, 0.4) is 0 Å². The third-order valence-corrected chi connectivity index (χ3v) is 5.48. The van der Waals surface area contributed by atoms with Crippen molar-refractivity contribution in [2.75, 3.05) is 0 Å². The van der Waals surface area contributed by atoms with Gasteiger partial charge in [-0.05, 0) is 72.8 Å². The second-order valence-corrected chi connectivity index (χ2v) is 7.78. The highest BCUT2D eigenvalue weighted by molar-refractivity contribution is 8.14. The zero-order valence-electron chi connectivity index (χ0n) is 14.6. The number of benzene rings is 2. The van der Waals surface area contributed by atoms with Crippen LogP contribution in [-0.4, -0.2) is 10.2 Å². The monoisotopic (exact) mass is 408 g/mol. The lowest BCUT2D eigenvalue weighted by Crippen LogP contribution is -1.98. The Labute approximate surface area is 163 Å². The number of hydrogen-bond donors (Lipinski definition) is 0. The molecule has 2 rings (SSSR count). The van der Waals surface area contributed by atoms with Crippen molar-refractivity contribution in [2.24, 2.45) is 0 Å². The van der Waals surface area contributed by atoms with E-state index in [0.717, 1.165) is 17.8 Å². The van der Waals surface area contributed by atoms with Gasteiger partial charge in [0.1, 0.15) is 5.82 Å². The summed E-state index contributed by atoms with van der Waals surface area (Å²) < 4.78 is 43.1. The third-order valence-electron chi connectivity index (χ3n) is 3.39. The van der Waals surface area contributed by atoms with Crippen LogP contribution in [0.1, 0.15) is 13.8 Å². The molecule has 0 aliphatic carbocycles. The molecule has 0 radical (unpaired) electrons. The first-order chi connectivity index (χ1) is 12.6. The van der Waals surface area contributed by atoms with Gasteiger partial charge in [-0.15, -0.1) is 0 Å². The lowest BCUT2D eigenvalue weighted by atomic mass is 10.0. The van der Waals surface area contributed by atoms with E-state index < -0.39 is 22.6 Å². The summed E-state index contributed by atoms with van der Waals surface area (Å²) in [5.41, 5.74) is 0.0866. The first kappa shape index (κ1) is 21.1. The van der Waals surface area contributed by atoms with E-state index in [0.29, 0.717) is 22.2 Å². The van der Waals surface area contributed by atoms with Crippen LogP contribution in [0.25, 0.3) is 11.1 Å². The summed E-state index contributed by atoms with van der Waals surface area (Å²) in [5, 5.41) is -0.807. The lowest BCUT2D eigenvalue weighted by Gasteiger charge is -2.10. The lowest BCUT2D eigenvalue weighted by molar-refractivity contribution is -0.108. The van der Waals surface area contributed by atoms with Gasteiger partial charge in [-0.3, -0.25) is 9.59 Å². The summed E-state index contributed by atoms with van der Waals surface area (Å²) in [5.74, 6) is -3.29. The number of hydrogen-bond acceptors (Lipinski definition) is 4. The van der Waals surface area contributed by atoms with Crippen LogP contribution in [0.4, 0.5) is 13.2 Å². The molecule has 140 valence electrons. The fraction of sp³-hybridized carbons (Fsp3) is 0.100. The average molecular weight is 408 g/mol. The molecule has 0 amide bonds. The van der Waals surface area contributed by atoms with Gasteiger partial charge in [-0.2, -0.15) is 0 Å². The molecule has 0 fully saturated rings. The summed E-state index contributed by atoms with van der Waals surface area (Å²) in [7, 11) is 0. The molecule has 0 spiro atoms. The summed E-state index contributed by atoms with van der Waals surface area (Å²) in [4.78, 5) is 23.4. The number of carbonyl (C=O) groups is 2. The van der Waals surface area contributed by atoms with E-state index in [1.807, 2.05) is 0 Å². The van der Waals surface area contributed by atoms with Crippen molar-refractivity contribution in [1.82, 2.24) is 0 Å². The quantitative estimate of drug-likeness (QED) is 0.438. The fourth-order valence-corrected chi connectivity index (χ4v) is 3.35. The molecule has 0 aliphatic rings. The van der Waals surface area contributed by atoms with Crippen molar-refractivity contribution >= 4 is 33.8 Å². The van der Waals surface area contributed by atoms with Crippen molar-refractivity contribution in [2.45, 2.75) is 23.6 Å². The molecule has 7 heteroatoms. The molecule has 2 nitrogen and oxygen atoms in total. The standard InChI is InChI=1S/C20H15F3O2S2/c1-10(2)19(24)26-12-5-6-13(15(21)9-12)14-7-8-16(18(23)17(14)22)27-20(25)11(3)4/h5-9H,1,3H2,2,4H3. The molecule has 0 heterocycles. The minimum atomic E-state index is -1.26. The van der Waals surface area contributed by atoms with Crippen molar-refractivity contribution < 1.29 is 22.8 Å². The number of halogens is 3. The number of thioether (sulfide) groups is 2. The van der Waals surface area contributed by atoms with Gasteiger partial charge >= 0.3 is 0 Å². The predicted octanol–water partition coefficient (Wildman–Crippen LogP) is 6.16. The molecule has 0 saturated heterocycles. The maximum atomic E-state index is 14.4. The van der Waals surface area contributed by atoms with E-state index in [9.17, 15) is 22.8 Å². The molecule has 0 bridgehead atoms. The van der Waals surface area contributed by atoms with Gasteiger partial charge < -0.3 is 0 Å². The Bertz CT molecular complexity index is 968. The van der Waals surface area contributed by atoms with Crippen molar-refractivity contribution in [1.29, 1.82) is 0 Å². The Hall–Kier alpha value is -2.25. The minimum absolute atomic E-state index is 0.152. The minimum Gasteiger partial charge on any atom is -0.282 e. The molecule has 0 saturated carbocycles. The highest BCUT2D eigenvalue weighted by Crippen LogP contribution is 2.34. The first-order valence-corrected chi connectivity index (χ1v) is 9.28. The molecule has 0 atom stereocenters. The summed E-state index contributed by atoms with van der Waals surface area (Å²) in [6.45, 7) is 9.97. The SMILES string of the molecule is C=C(C)C(=O)Sc1ccc(-c2ccc(SC(=O)C(=C)C)c(F)c2F)c(F)c1. The predicted molar refractivity (Wildman–Crippen MR) is 103 cm³/mol. The number of rotatable bonds is 5. The van der Waals surface area contributed by atoms with Gasteiger partial charge in [0.2, 0.25) is 10.2 Å². The molecule has 27 heavy (non-hydrogen) atoms. The largest absolute Gasteiger partial charge is 0.282 e. The van der Waals surface area contributed by atoms with E-state index in [1.54, 1.807) is 0 Å². The van der Waals surface area contributed by atoms with Gasteiger partial charge in [0.15, 0.2) is 11.6 Å². The summed E-state index contributed by atoms with van der Waals surface area (Å²) in [6, 6.07) is 6.20. The normalized spacial score (nSPS) is 10.6. The van der Waals surface area contributed by atoms with Crippen LogP contribution in [0, 0.1) is 17.5 Å². The zero-order chi connectivity index (χ0) is 20.3. The van der Waals surface area contributed by atoms with Gasteiger partial charge in [0.05, 0.1) is 4.90 Å². The summed E-state index contributed by atoms with van der Waals surface area (Å²) in [6.07, 6.45) is 0. The molecule has 0 aromatic heterocycles. The van der Waals surface area contributed by atoms with Gasteiger partial charge in [0.25, 0.3) is 0 Å². The number of carbonyl (C=O) groups excluding carboxylic acids is 2. The van der Waals surface area contributed by atoms with Crippen LogP contribution in [0.5, 0.6) is 0 Å². The highest BCUT2D eigenvalue weighted by atomic mass is 32.2. The smallest absolute Gasteiger partial charge is 0.219 e. The third kappa shape index (κ3) is 4.93. The average Bonchev–Trinajstić information content (AvgIpc) is 2.59.